The fourth-order valence-corrected chi connectivity index (χ4v) is 1.82. The van der Waals surface area contributed by atoms with Gasteiger partial charge in [0.1, 0.15) is 5.71 Å². The van der Waals surface area contributed by atoms with Crippen LogP contribution in [-0.2, 0) is 0 Å². The molecule has 0 aliphatic rings. The van der Waals surface area contributed by atoms with Gasteiger partial charge in [-0.15, -0.1) is 0 Å². The molecular formula is C18H16ClN. The average Bonchev–Trinajstić information content (AvgIpc) is 2.45. The summed E-state index contributed by atoms with van der Waals surface area (Å²) in [7, 11) is 0. The molecule has 2 heteroatoms. The van der Waals surface area contributed by atoms with Gasteiger partial charge in [0.2, 0.25) is 0 Å². The van der Waals surface area contributed by atoms with Crippen molar-refractivity contribution in [3.63, 3.8) is 0 Å². The Labute approximate surface area is 125 Å². The summed E-state index contributed by atoms with van der Waals surface area (Å²) < 4.78 is 0. The van der Waals surface area contributed by atoms with E-state index < -0.39 is 0 Å². The Morgan fingerprint density at radius 2 is 1.65 bits per heavy atom. The van der Waals surface area contributed by atoms with Crippen molar-refractivity contribution in [3.05, 3.63) is 70.7 Å². The van der Waals surface area contributed by atoms with Crippen LogP contribution in [0.1, 0.15) is 25.0 Å². The van der Waals surface area contributed by atoms with Crippen molar-refractivity contribution in [2.75, 3.05) is 0 Å². The van der Waals surface area contributed by atoms with E-state index >= 15 is 0 Å². The molecule has 0 aliphatic heterocycles. The Morgan fingerprint density at radius 1 is 1.00 bits per heavy atom. The lowest BCUT2D eigenvalue weighted by molar-refractivity contribution is 0.838. The number of nitrogens with zero attached hydrogens (tertiary/aromatic N) is 1. The molecule has 0 aliphatic carbocycles. The van der Waals surface area contributed by atoms with Crippen LogP contribution >= 0.6 is 11.6 Å². The van der Waals surface area contributed by atoms with Gasteiger partial charge in [-0.25, -0.2) is 0 Å². The van der Waals surface area contributed by atoms with Crippen LogP contribution in [0.3, 0.4) is 0 Å². The van der Waals surface area contributed by atoms with Crippen molar-refractivity contribution in [2.45, 2.75) is 19.9 Å². The zero-order valence-electron chi connectivity index (χ0n) is 11.6. The second-order valence-electron chi connectivity index (χ2n) is 4.69. The molecule has 0 unspecified atom stereocenters. The Bertz CT molecular complexity index is 643. The Kier molecular flexibility index (Phi) is 4.98. The predicted molar refractivity (Wildman–Crippen MR) is 86.4 cm³/mol. The first-order valence-electron chi connectivity index (χ1n) is 6.56. The number of rotatable bonds is 2. The molecule has 2 aromatic carbocycles. The quantitative estimate of drug-likeness (QED) is 0.564. The SMILES string of the molecule is CC(C)N=C(C#Cc1ccccc1)c1ccc(Cl)cc1. The minimum Gasteiger partial charge on any atom is -0.273 e. The zero-order chi connectivity index (χ0) is 14.4. The Morgan fingerprint density at radius 3 is 2.25 bits per heavy atom. The van der Waals surface area contributed by atoms with Crippen molar-refractivity contribution in [3.8, 4) is 11.8 Å². The van der Waals surface area contributed by atoms with Gasteiger partial charge in [0, 0.05) is 22.2 Å². The van der Waals surface area contributed by atoms with Crippen molar-refractivity contribution in [2.24, 2.45) is 4.99 Å². The summed E-state index contributed by atoms with van der Waals surface area (Å²) >= 11 is 5.92. The number of aliphatic imine (C=N–C) groups is 1. The molecule has 0 fully saturated rings. The molecule has 2 aromatic rings. The van der Waals surface area contributed by atoms with Gasteiger partial charge in [-0.3, -0.25) is 4.99 Å². The van der Waals surface area contributed by atoms with E-state index in [1.165, 1.54) is 0 Å². The molecule has 0 saturated carbocycles. The maximum atomic E-state index is 5.92. The summed E-state index contributed by atoms with van der Waals surface area (Å²) in [5, 5.41) is 0.716. The van der Waals surface area contributed by atoms with E-state index in [1.807, 2.05) is 68.4 Å². The second kappa shape index (κ2) is 6.93. The van der Waals surface area contributed by atoms with Crippen molar-refractivity contribution in [1.82, 2.24) is 0 Å². The number of hydrogen-bond donors (Lipinski definition) is 0. The molecule has 0 radical (unpaired) electrons. The van der Waals surface area contributed by atoms with E-state index in [0.717, 1.165) is 16.8 Å². The van der Waals surface area contributed by atoms with Crippen LogP contribution in [0.25, 0.3) is 0 Å². The summed E-state index contributed by atoms with van der Waals surface area (Å²) in [6.45, 7) is 4.08. The third-order valence-electron chi connectivity index (χ3n) is 2.60. The highest BCUT2D eigenvalue weighted by atomic mass is 35.5. The molecule has 0 atom stereocenters. The molecular weight excluding hydrogens is 266 g/mol. The average molecular weight is 282 g/mol. The van der Waals surface area contributed by atoms with E-state index in [4.69, 9.17) is 11.6 Å². The number of hydrogen-bond acceptors (Lipinski definition) is 1. The first kappa shape index (κ1) is 14.4. The lowest BCUT2D eigenvalue weighted by Crippen LogP contribution is -2.02. The zero-order valence-corrected chi connectivity index (χ0v) is 12.4. The van der Waals surface area contributed by atoms with Gasteiger partial charge in [-0.1, -0.05) is 47.9 Å². The van der Waals surface area contributed by atoms with Crippen LogP contribution in [0.4, 0.5) is 0 Å². The smallest absolute Gasteiger partial charge is 0.115 e. The summed E-state index contributed by atoms with van der Waals surface area (Å²) in [5.41, 5.74) is 2.77. The summed E-state index contributed by atoms with van der Waals surface area (Å²) in [5.74, 6) is 6.31. The molecule has 0 N–H and O–H groups in total. The van der Waals surface area contributed by atoms with Crippen LogP contribution in [-0.4, -0.2) is 11.8 Å². The molecule has 0 bridgehead atoms. The fraction of sp³-hybridized carbons (Fsp3) is 0.167. The van der Waals surface area contributed by atoms with Crippen LogP contribution in [0.2, 0.25) is 5.02 Å². The molecule has 0 saturated heterocycles. The first-order chi connectivity index (χ1) is 9.65. The second-order valence-corrected chi connectivity index (χ2v) is 5.13. The van der Waals surface area contributed by atoms with Crippen LogP contribution in [0.5, 0.6) is 0 Å². The first-order valence-corrected chi connectivity index (χ1v) is 6.94. The minimum absolute atomic E-state index is 0.200. The lowest BCUT2D eigenvalue weighted by atomic mass is 10.1. The van der Waals surface area contributed by atoms with E-state index in [9.17, 15) is 0 Å². The summed E-state index contributed by atoms with van der Waals surface area (Å²) in [6, 6.07) is 17.7. The van der Waals surface area contributed by atoms with E-state index in [2.05, 4.69) is 16.8 Å². The fourth-order valence-electron chi connectivity index (χ4n) is 1.70. The van der Waals surface area contributed by atoms with Gasteiger partial charge in [-0.05, 0) is 44.0 Å². The number of benzene rings is 2. The van der Waals surface area contributed by atoms with Gasteiger partial charge in [0.05, 0.1) is 0 Å². The van der Waals surface area contributed by atoms with Crippen molar-refractivity contribution in [1.29, 1.82) is 0 Å². The molecule has 20 heavy (non-hydrogen) atoms. The summed E-state index contributed by atoms with van der Waals surface area (Å²) in [6.07, 6.45) is 0. The molecule has 2 rings (SSSR count). The number of halogens is 1. The highest BCUT2D eigenvalue weighted by Gasteiger charge is 2.01. The van der Waals surface area contributed by atoms with Crippen molar-refractivity contribution < 1.29 is 0 Å². The van der Waals surface area contributed by atoms with Crippen LogP contribution in [0, 0.1) is 11.8 Å². The third kappa shape index (κ3) is 4.26. The molecule has 0 spiro atoms. The predicted octanol–water partition coefficient (Wildman–Crippen LogP) is 4.59. The minimum atomic E-state index is 0.200. The Balaban J connectivity index is 2.35. The van der Waals surface area contributed by atoms with Gasteiger partial charge in [-0.2, -0.15) is 0 Å². The van der Waals surface area contributed by atoms with E-state index in [0.29, 0.717) is 5.02 Å². The van der Waals surface area contributed by atoms with Gasteiger partial charge >= 0.3 is 0 Å². The highest BCUT2D eigenvalue weighted by molar-refractivity contribution is 6.30. The van der Waals surface area contributed by atoms with Crippen LogP contribution < -0.4 is 0 Å². The maximum absolute atomic E-state index is 5.92. The van der Waals surface area contributed by atoms with Gasteiger partial charge < -0.3 is 0 Å². The topological polar surface area (TPSA) is 12.4 Å². The molecule has 0 amide bonds. The Hall–Kier alpha value is -2.04. The molecule has 0 aromatic heterocycles. The largest absolute Gasteiger partial charge is 0.273 e. The standard InChI is InChI=1S/C18H16ClN/c1-14(2)20-18(16-9-11-17(19)12-10-16)13-8-15-6-4-3-5-7-15/h3-7,9-12,14H,1-2H3. The van der Waals surface area contributed by atoms with E-state index in [-0.39, 0.29) is 6.04 Å². The maximum Gasteiger partial charge on any atom is 0.115 e. The summed E-state index contributed by atoms with van der Waals surface area (Å²) in [4.78, 5) is 4.59. The normalized spacial score (nSPS) is 11.1. The molecule has 0 heterocycles. The lowest BCUT2D eigenvalue weighted by Gasteiger charge is -2.03. The van der Waals surface area contributed by atoms with Crippen molar-refractivity contribution >= 4 is 17.3 Å². The van der Waals surface area contributed by atoms with E-state index in [1.54, 1.807) is 0 Å². The van der Waals surface area contributed by atoms with Gasteiger partial charge in [0.25, 0.3) is 0 Å². The highest BCUT2D eigenvalue weighted by Crippen LogP contribution is 2.11. The molecule has 100 valence electrons. The van der Waals surface area contributed by atoms with Crippen LogP contribution in [0.15, 0.2) is 59.6 Å². The third-order valence-corrected chi connectivity index (χ3v) is 2.86. The van der Waals surface area contributed by atoms with Gasteiger partial charge in [0.15, 0.2) is 0 Å². The monoisotopic (exact) mass is 281 g/mol. The molecule has 1 nitrogen and oxygen atoms in total.